The van der Waals surface area contributed by atoms with Crippen LogP contribution in [0.15, 0.2) is 24.5 Å². The molecule has 6 heteroatoms. The van der Waals surface area contributed by atoms with Crippen LogP contribution in [-0.4, -0.2) is 14.8 Å². The molecule has 0 bridgehead atoms. The van der Waals surface area contributed by atoms with Gasteiger partial charge in [0.05, 0.1) is 6.04 Å². The highest BCUT2D eigenvalue weighted by atomic mass is 19.2. The Bertz CT molecular complexity index is 524. The molecule has 2 N–H and O–H groups in total. The Labute approximate surface area is 97.1 Å². The molecule has 1 unspecified atom stereocenters. The Balaban J connectivity index is 2.44. The molecule has 0 spiro atoms. The van der Waals surface area contributed by atoms with Gasteiger partial charge in [0.25, 0.3) is 0 Å². The molecule has 0 saturated carbocycles. The van der Waals surface area contributed by atoms with Crippen LogP contribution in [0.25, 0.3) is 0 Å². The van der Waals surface area contributed by atoms with Gasteiger partial charge in [-0.15, -0.1) is 0 Å². The number of aromatic nitrogens is 3. The molecule has 1 aromatic heterocycles. The van der Waals surface area contributed by atoms with Crippen LogP contribution in [0.2, 0.25) is 0 Å². The molecule has 2 aromatic rings. The lowest BCUT2D eigenvalue weighted by molar-refractivity contribution is 0.488. The van der Waals surface area contributed by atoms with Crippen LogP contribution in [0.1, 0.15) is 24.4 Å². The second kappa shape index (κ2) is 4.58. The molecule has 1 heterocycles. The lowest BCUT2D eigenvalue weighted by atomic mass is 10.1. The van der Waals surface area contributed by atoms with Crippen LogP contribution >= 0.6 is 0 Å². The van der Waals surface area contributed by atoms with Gasteiger partial charge >= 0.3 is 0 Å². The number of halogens is 2. The van der Waals surface area contributed by atoms with Crippen LogP contribution in [-0.2, 0) is 6.54 Å². The predicted octanol–water partition coefficient (Wildman–Crippen LogP) is 1.62. The molecule has 0 aliphatic rings. The summed E-state index contributed by atoms with van der Waals surface area (Å²) in [6, 6.07) is 3.09. The van der Waals surface area contributed by atoms with E-state index in [0.29, 0.717) is 12.4 Å². The Morgan fingerprint density at radius 1 is 1.41 bits per heavy atom. The zero-order chi connectivity index (χ0) is 12.4. The highest BCUT2D eigenvalue weighted by Crippen LogP contribution is 2.22. The fraction of sp³-hybridized carbons (Fsp3) is 0.273. The van der Waals surface area contributed by atoms with E-state index in [1.54, 1.807) is 4.68 Å². The molecular formula is C11H12F2N4. The first kappa shape index (κ1) is 11.7. The molecule has 17 heavy (non-hydrogen) atoms. The maximum atomic E-state index is 13.6. The number of benzene rings is 1. The second-order valence-corrected chi connectivity index (χ2v) is 3.55. The monoisotopic (exact) mass is 238 g/mol. The molecule has 1 aromatic carbocycles. The summed E-state index contributed by atoms with van der Waals surface area (Å²) in [6.07, 6.45) is 1.34. The second-order valence-electron chi connectivity index (χ2n) is 3.55. The van der Waals surface area contributed by atoms with Crippen LogP contribution in [0.3, 0.4) is 0 Å². The van der Waals surface area contributed by atoms with Crippen molar-refractivity contribution in [1.29, 1.82) is 0 Å². The molecule has 0 radical (unpaired) electrons. The quantitative estimate of drug-likeness (QED) is 0.884. The molecule has 0 amide bonds. The lowest BCUT2D eigenvalue weighted by Gasteiger charge is -2.13. The molecule has 2 rings (SSSR count). The number of nitrogens with zero attached hydrogens (tertiary/aromatic N) is 3. The van der Waals surface area contributed by atoms with Gasteiger partial charge in [-0.05, 0) is 13.0 Å². The highest BCUT2D eigenvalue weighted by molar-refractivity contribution is 5.26. The summed E-state index contributed by atoms with van der Waals surface area (Å²) in [5, 5.41) is 3.94. The predicted molar refractivity (Wildman–Crippen MR) is 58.1 cm³/mol. The summed E-state index contributed by atoms with van der Waals surface area (Å²) in [5.41, 5.74) is 5.95. The number of rotatable bonds is 3. The normalized spacial score (nSPS) is 12.7. The summed E-state index contributed by atoms with van der Waals surface area (Å²) >= 11 is 0. The van der Waals surface area contributed by atoms with Gasteiger partial charge in [0.15, 0.2) is 11.6 Å². The molecule has 90 valence electrons. The van der Waals surface area contributed by atoms with Gasteiger partial charge in [-0.3, -0.25) is 0 Å². The van der Waals surface area contributed by atoms with Crippen molar-refractivity contribution in [1.82, 2.24) is 14.8 Å². The Morgan fingerprint density at radius 3 is 2.88 bits per heavy atom. The van der Waals surface area contributed by atoms with Gasteiger partial charge in [-0.1, -0.05) is 12.1 Å². The first-order valence-corrected chi connectivity index (χ1v) is 5.22. The number of hydrogen-bond donors (Lipinski definition) is 1. The minimum absolute atomic E-state index is 0.0766. The molecule has 0 aliphatic heterocycles. The van der Waals surface area contributed by atoms with Gasteiger partial charge < -0.3 is 5.73 Å². The van der Waals surface area contributed by atoms with E-state index in [-0.39, 0.29) is 5.56 Å². The van der Waals surface area contributed by atoms with Gasteiger partial charge in [0.1, 0.15) is 12.2 Å². The van der Waals surface area contributed by atoms with Crippen LogP contribution in [0.5, 0.6) is 0 Å². The summed E-state index contributed by atoms with van der Waals surface area (Å²) in [5.74, 6) is -1.44. The number of aryl methyl sites for hydroxylation is 1. The van der Waals surface area contributed by atoms with Crippen molar-refractivity contribution in [3.05, 3.63) is 47.5 Å². The van der Waals surface area contributed by atoms with Gasteiger partial charge in [-0.2, -0.15) is 5.10 Å². The zero-order valence-corrected chi connectivity index (χ0v) is 9.27. The van der Waals surface area contributed by atoms with E-state index >= 15 is 0 Å². The lowest BCUT2D eigenvalue weighted by Crippen LogP contribution is -2.20. The fourth-order valence-corrected chi connectivity index (χ4v) is 1.66. The molecule has 0 saturated heterocycles. The van der Waals surface area contributed by atoms with E-state index in [1.807, 2.05) is 6.92 Å². The molecule has 1 atom stereocenters. The Kier molecular flexibility index (Phi) is 3.14. The average molecular weight is 238 g/mol. The van der Waals surface area contributed by atoms with Crippen LogP contribution < -0.4 is 5.73 Å². The number of nitrogens with two attached hydrogens (primary N) is 1. The summed E-state index contributed by atoms with van der Waals surface area (Å²) in [4.78, 5) is 3.97. The average Bonchev–Trinajstić information content (AvgIpc) is 2.80. The van der Waals surface area contributed by atoms with Gasteiger partial charge in [0, 0.05) is 12.1 Å². The SMILES string of the molecule is CCn1ncnc1C(N)c1cccc(F)c1F. The summed E-state index contributed by atoms with van der Waals surface area (Å²) < 4.78 is 28.2. The summed E-state index contributed by atoms with van der Waals surface area (Å²) in [6.45, 7) is 2.44. The van der Waals surface area contributed by atoms with E-state index < -0.39 is 17.7 Å². The first-order valence-electron chi connectivity index (χ1n) is 5.22. The largest absolute Gasteiger partial charge is 0.318 e. The standard InChI is InChI=1S/C11H12F2N4/c1-2-17-11(15-6-16-17)10(14)7-4-3-5-8(12)9(7)13/h3-6,10H,2,14H2,1H3. The minimum atomic E-state index is -0.939. The molecular weight excluding hydrogens is 226 g/mol. The third kappa shape index (κ3) is 2.03. The third-order valence-corrected chi connectivity index (χ3v) is 2.54. The minimum Gasteiger partial charge on any atom is -0.318 e. The molecule has 4 nitrogen and oxygen atoms in total. The summed E-state index contributed by atoms with van der Waals surface area (Å²) in [7, 11) is 0. The number of hydrogen-bond acceptors (Lipinski definition) is 3. The molecule has 0 aliphatic carbocycles. The maximum absolute atomic E-state index is 13.6. The highest BCUT2D eigenvalue weighted by Gasteiger charge is 2.20. The fourth-order valence-electron chi connectivity index (χ4n) is 1.66. The van der Waals surface area contributed by atoms with Crippen molar-refractivity contribution in [3.8, 4) is 0 Å². The van der Waals surface area contributed by atoms with E-state index in [2.05, 4.69) is 10.1 Å². The van der Waals surface area contributed by atoms with Gasteiger partial charge in [0.2, 0.25) is 0 Å². The van der Waals surface area contributed by atoms with E-state index in [4.69, 9.17) is 5.73 Å². The van der Waals surface area contributed by atoms with Crippen molar-refractivity contribution >= 4 is 0 Å². The van der Waals surface area contributed by atoms with E-state index in [0.717, 1.165) is 6.07 Å². The van der Waals surface area contributed by atoms with Gasteiger partial charge in [-0.25, -0.2) is 18.4 Å². The zero-order valence-electron chi connectivity index (χ0n) is 9.27. The Hall–Kier alpha value is -1.82. The van der Waals surface area contributed by atoms with Crippen molar-refractivity contribution in [2.24, 2.45) is 5.73 Å². The van der Waals surface area contributed by atoms with Crippen LogP contribution in [0.4, 0.5) is 8.78 Å². The molecule has 0 fully saturated rings. The van der Waals surface area contributed by atoms with Crippen molar-refractivity contribution in [3.63, 3.8) is 0 Å². The first-order chi connectivity index (χ1) is 8.15. The maximum Gasteiger partial charge on any atom is 0.164 e. The Morgan fingerprint density at radius 2 is 2.18 bits per heavy atom. The third-order valence-electron chi connectivity index (χ3n) is 2.54. The topological polar surface area (TPSA) is 56.7 Å². The smallest absolute Gasteiger partial charge is 0.164 e. The van der Waals surface area contributed by atoms with E-state index in [9.17, 15) is 8.78 Å². The van der Waals surface area contributed by atoms with Crippen molar-refractivity contribution in [2.45, 2.75) is 19.5 Å². The van der Waals surface area contributed by atoms with Crippen LogP contribution in [0, 0.1) is 11.6 Å². The van der Waals surface area contributed by atoms with Crippen molar-refractivity contribution in [2.75, 3.05) is 0 Å². The van der Waals surface area contributed by atoms with Crippen molar-refractivity contribution < 1.29 is 8.78 Å². The van der Waals surface area contributed by atoms with E-state index in [1.165, 1.54) is 18.5 Å².